The van der Waals surface area contributed by atoms with E-state index in [1.807, 2.05) is 0 Å². The van der Waals surface area contributed by atoms with Crippen LogP contribution in [-0.2, 0) is 4.79 Å². The third-order valence-electron chi connectivity index (χ3n) is 5.35. The second-order valence-corrected chi connectivity index (χ2v) is 8.41. The minimum Gasteiger partial charge on any atom is -0.324 e. The first-order valence-corrected chi connectivity index (χ1v) is 10.0. The third-order valence-corrected chi connectivity index (χ3v) is 6.34. The number of amides is 1. The van der Waals surface area contributed by atoms with Crippen molar-refractivity contribution in [2.75, 3.05) is 36.5 Å². The van der Waals surface area contributed by atoms with Crippen LogP contribution in [0.5, 0.6) is 0 Å². The maximum atomic E-state index is 11.4. The normalized spacial score (nSPS) is 25.3. The topological polar surface area (TPSA) is 66.9 Å². The first kappa shape index (κ1) is 17.3. The number of benzene rings is 1. The SMILES string of the molecule is CC1CC[N+](C)(c2ccc(Nc3ncc4c(n3)SCC(=O)N4)cc2)CC1. The van der Waals surface area contributed by atoms with Gasteiger partial charge in [-0.1, -0.05) is 18.7 Å². The fraction of sp³-hybridized carbons (Fsp3) is 0.421. The average molecular weight is 371 g/mol. The van der Waals surface area contributed by atoms with Crippen molar-refractivity contribution in [1.82, 2.24) is 14.5 Å². The molecule has 2 aliphatic heterocycles. The van der Waals surface area contributed by atoms with Gasteiger partial charge in [0.1, 0.15) is 10.7 Å². The van der Waals surface area contributed by atoms with Crippen molar-refractivity contribution in [3.05, 3.63) is 30.5 Å². The number of fused-ring (bicyclic) bond motifs is 1. The van der Waals surface area contributed by atoms with Crippen LogP contribution in [0.1, 0.15) is 19.8 Å². The van der Waals surface area contributed by atoms with Gasteiger partial charge in [-0.15, -0.1) is 0 Å². The van der Waals surface area contributed by atoms with Gasteiger partial charge in [-0.25, -0.2) is 9.97 Å². The summed E-state index contributed by atoms with van der Waals surface area (Å²) in [6.45, 7) is 4.74. The first-order chi connectivity index (χ1) is 12.5. The molecule has 0 radical (unpaired) electrons. The van der Waals surface area contributed by atoms with Gasteiger partial charge in [-0.05, 0) is 30.9 Å². The molecule has 2 aromatic rings. The molecule has 1 aromatic carbocycles. The Labute approximate surface area is 158 Å². The van der Waals surface area contributed by atoms with Crippen molar-refractivity contribution in [2.45, 2.75) is 24.8 Å². The summed E-state index contributed by atoms with van der Waals surface area (Å²) in [7, 11) is 2.33. The molecule has 0 spiro atoms. The lowest BCUT2D eigenvalue weighted by Crippen LogP contribution is -2.50. The highest BCUT2D eigenvalue weighted by Gasteiger charge is 2.30. The molecule has 1 saturated heterocycles. The average Bonchev–Trinajstić information content (AvgIpc) is 2.65. The monoisotopic (exact) mass is 370 g/mol. The Hall–Kier alpha value is -2.12. The number of hydrogen-bond donors (Lipinski definition) is 2. The van der Waals surface area contributed by atoms with Gasteiger partial charge in [-0.3, -0.25) is 9.28 Å². The van der Waals surface area contributed by atoms with Crippen molar-refractivity contribution in [1.29, 1.82) is 0 Å². The highest BCUT2D eigenvalue weighted by molar-refractivity contribution is 8.00. The fourth-order valence-corrected chi connectivity index (χ4v) is 4.25. The van der Waals surface area contributed by atoms with E-state index in [-0.39, 0.29) is 5.91 Å². The highest BCUT2D eigenvalue weighted by atomic mass is 32.2. The van der Waals surface area contributed by atoms with Crippen LogP contribution in [-0.4, -0.2) is 41.8 Å². The molecule has 0 bridgehead atoms. The number of hydrogen-bond acceptors (Lipinski definition) is 5. The number of quaternary nitrogens is 1. The number of nitrogens with zero attached hydrogens (tertiary/aromatic N) is 3. The number of likely N-dealkylation sites (tertiary alicyclic amines) is 1. The molecule has 0 unspecified atom stereocenters. The van der Waals surface area contributed by atoms with Gasteiger partial charge in [0.25, 0.3) is 0 Å². The molecule has 0 atom stereocenters. The lowest BCUT2D eigenvalue weighted by atomic mass is 9.96. The summed E-state index contributed by atoms with van der Waals surface area (Å²) in [5.41, 5.74) is 3.01. The molecule has 1 fully saturated rings. The summed E-state index contributed by atoms with van der Waals surface area (Å²) in [5.74, 6) is 1.78. The molecule has 3 heterocycles. The molecule has 2 N–H and O–H groups in total. The Morgan fingerprint density at radius 1 is 1.23 bits per heavy atom. The predicted molar refractivity (Wildman–Crippen MR) is 107 cm³/mol. The lowest BCUT2D eigenvalue weighted by molar-refractivity contribution is -0.113. The van der Waals surface area contributed by atoms with E-state index in [1.54, 1.807) is 6.20 Å². The Kier molecular flexibility index (Phi) is 4.58. The maximum Gasteiger partial charge on any atom is 0.234 e. The van der Waals surface area contributed by atoms with Gasteiger partial charge in [-0.2, -0.15) is 0 Å². The van der Waals surface area contributed by atoms with Crippen LogP contribution in [0, 0.1) is 5.92 Å². The van der Waals surface area contributed by atoms with Gasteiger partial charge in [0, 0.05) is 17.8 Å². The number of piperidine rings is 1. The number of carbonyl (C=O) groups excluding carboxylic acids is 1. The second-order valence-electron chi connectivity index (χ2n) is 7.45. The van der Waals surface area contributed by atoms with Crippen LogP contribution >= 0.6 is 11.8 Å². The number of rotatable bonds is 3. The van der Waals surface area contributed by atoms with Crippen molar-refractivity contribution in [3.63, 3.8) is 0 Å². The van der Waals surface area contributed by atoms with Crippen LogP contribution in [0.15, 0.2) is 35.5 Å². The van der Waals surface area contributed by atoms with E-state index in [2.05, 4.69) is 58.8 Å². The van der Waals surface area contributed by atoms with E-state index in [0.717, 1.165) is 21.1 Å². The van der Waals surface area contributed by atoms with E-state index >= 15 is 0 Å². The maximum absolute atomic E-state index is 11.4. The zero-order valence-electron chi connectivity index (χ0n) is 15.2. The van der Waals surface area contributed by atoms with Crippen molar-refractivity contribution >= 4 is 40.7 Å². The van der Waals surface area contributed by atoms with E-state index in [9.17, 15) is 4.79 Å². The minimum absolute atomic E-state index is 0.00822. The number of aromatic nitrogens is 2. The smallest absolute Gasteiger partial charge is 0.234 e. The van der Waals surface area contributed by atoms with Crippen molar-refractivity contribution in [2.24, 2.45) is 5.92 Å². The second kappa shape index (κ2) is 6.89. The molecule has 26 heavy (non-hydrogen) atoms. The summed E-state index contributed by atoms with van der Waals surface area (Å²) in [6, 6.07) is 8.58. The standard InChI is InChI=1S/C19H23N5OS/c1-13-7-9-24(2,10-8-13)15-5-3-14(4-6-15)21-19-20-11-16-18(23-19)26-12-17(25)22-16/h3-6,11,13H,7-10,12H2,1-2H3,(H-,20,21,22,23,25)/p+1. The Balaban J connectivity index is 1.47. The summed E-state index contributed by atoms with van der Waals surface area (Å²) in [5, 5.41) is 6.85. The molecule has 2 aliphatic rings. The van der Waals surface area contributed by atoms with E-state index in [0.29, 0.717) is 17.4 Å². The van der Waals surface area contributed by atoms with Crippen LogP contribution in [0.25, 0.3) is 0 Å². The molecule has 136 valence electrons. The molecule has 1 amide bonds. The summed E-state index contributed by atoms with van der Waals surface area (Å²) in [6.07, 6.45) is 4.23. The quantitative estimate of drug-likeness (QED) is 0.638. The summed E-state index contributed by atoms with van der Waals surface area (Å²) in [4.78, 5) is 20.2. The Morgan fingerprint density at radius 2 is 1.96 bits per heavy atom. The van der Waals surface area contributed by atoms with Crippen LogP contribution in [0.2, 0.25) is 0 Å². The summed E-state index contributed by atoms with van der Waals surface area (Å²) >= 11 is 1.44. The van der Waals surface area contributed by atoms with E-state index in [4.69, 9.17) is 0 Å². The van der Waals surface area contributed by atoms with Crippen molar-refractivity contribution < 1.29 is 4.79 Å². The Morgan fingerprint density at radius 3 is 2.69 bits per heavy atom. The number of thioether (sulfide) groups is 1. The molecular formula is C19H24N5OS+. The van der Waals surface area contributed by atoms with E-state index < -0.39 is 0 Å². The zero-order chi connectivity index (χ0) is 18.1. The molecule has 1 aromatic heterocycles. The van der Waals surface area contributed by atoms with Gasteiger partial charge >= 0.3 is 0 Å². The number of carbonyl (C=O) groups is 1. The minimum atomic E-state index is -0.00822. The molecule has 6 nitrogen and oxygen atoms in total. The van der Waals surface area contributed by atoms with Crippen molar-refractivity contribution in [3.8, 4) is 0 Å². The number of nitrogens with one attached hydrogen (secondary N) is 2. The molecule has 0 aliphatic carbocycles. The fourth-order valence-electron chi connectivity index (χ4n) is 3.50. The predicted octanol–water partition coefficient (Wildman–Crippen LogP) is 3.63. The molecular weight excluding hydrogens is 346 g/mol. The Bertz CT molecular complexity index is 815. The first-order valence-electron chi connectivity index (χ1n) is 9.04. The largest absolute Gasteiger partial charge is 0.324 e. The molecule has 7 heteroatoms. The van der Waals surface area contributed by atoms with Gasteiger partial charge in [0.15, 0.2) is 0 Å². The van der Waals surface area contributed by atoms with E-state index in [1.165, 1.54) is 43.4 Å². The van der Waals surface area contributed by atoms with Gasteiger partial charge in [0.05, 0.1) is 37.8 Å². The lowest BCUT2D eigenvalue weighted by Gasteiger charge is -2.39. The van der Waals surface area contributed by atoms with Crippen LogP contribution < -0.4 is 15.1 Å². The molecule has 4 rings (SSSR count). The zero-order valence-corrected chi connectivity index (χ0v) is 16.0. The summed E-state index contributed by atoms with van der Waals surface area (Å²) < 4.78 is 1.01. The number of anilines is 3. The third kappa shape index (κ3) is 3.54. The van der Waals surface area contributed by atoms with Gasteiger partial charge < -0.3 is 10.6 Å². The van der Waals surface area contributed by atoms with Crippen LogP contribution in [0.4, 0.5) is 23.0 Å². The molecule has 0 saturated carbocycles. The van der Waals surface area contributed by atoms with Gasteiger partial charge in [0.2, 0.25) is 11.9 Å². The van der Waals surface area contributed by atoms with Crippen LogP contribution in [0.3, 0.4) is 0 Å². The highest BCUT2D eigenvalue weighted by Crippen LogP contribution is 2.32.